The molecule has 0 bridgehead atoms. The van der Waals surface area contributed by atoms with E-state index >= 15 is 0 Å². The van der Waals surface area contributed by atoms with E-state index in [2.05, 4.69) is 5.32 Å². The molecular weight excluding hydrogens is 566 g/mol. The Hall–Kier alpha value is -3.76. The monoisotopic (exact) mass is 601 g/mol. The fraction of sp³-hybridized carbons (Fsp3) is 0.333. The zero-order valence-electron chi connectivity index (χ0n) is 23.7. The fourth-order valence-corrected chi connectivity index (χ4v) is 5.60. The molecule has 0 aromatic heterocycles. The van der Waals surface area contributed by atoms with Crippen molar-refractivity contribution in [3.05, 3.63) is 83.4 Å². The lowest BCUT2D eigenvalue weighted by Gasteiger charge is -2.32. The van der Waals surface area contributed by atoms with E-state index in [1.807, 2.05) is 6.92 Å². The van der Waals surface area contributed by atoms with Gasteiger partial charge >= 0.3 is 0 Å². The smallest absolute Gasteiger partial charge is 0.264 e. The van der Waals surface area contributed by atoms with Gasteiger partial charge in [0.2, 0.25) is 11.8 Å². The molecule has 3 aromatic rings. The summed E-state index contributed by atoms with van der Waals surface area (Å²) in [6.45, 7) is 3.67. The fourth-order valence-electron chi connectivity index (χ4n) is 4.06. The van der Waals surface area contributed by atoms with Gasteiger partial charge in [-0.05, 0) is 79.6 Å². The number of amides is 2. The number of anilines is 1. The lowest BCUT2D eigenvalue weighted by molar-refractivity contribution is -0.139. The van der Waals surface area contributed by atoms with Crippen LogP contribution in [0.2, 0.25) is 5.02 Å². The Kier molecular flexibility index (Phi) is 11.4. The van der Waals surface area contributed by atoms with Crippen molar-refractivity contribution >= 4 is 39.1 Å². The molecule has 2 amide bonds. The molecule has 0 aliphatic heterocycles. The third kappa shape index (κ3) is 8.37. The standard InChI is InChI=1S/C30H36ClN3O6S/c1-5-6-19-32-30(36)22(2)33(20-23-7-13-26(39-3)14-8-23)29(35)21-34(25-11-9-24(31)10-12-25)41(37,38)28-17-15-27(40-4)16-18-28/h7-18,22H,5-6,19-21H2,1-4H3,(H,32,36). The highest BCUT2D eigenvalue weighted by atomic mass is 35.5. The minimum Gasteiger partial charge on any atom is -0.497 e. The van der Waals surface area contributed by atoms with Crippen LogP contribution in [0.5, 0.6) is 11.5 Å². The van der Waals surface area contributed by atoms with Gasteiger partial charge in [-0.3, -0.25) is 13.9 Å². The maximum absolute atomic E-state index is 13.9. The lowest BCUT2D eigenvalue weighted by atomic mass is 10.1. The molecule has 220 valence electrons. The predicted molar refractivity (Wildman–Crippen MR) is 160 cm³/mol. The first kappa shape index (κ1) is 31.8. The Morgan fingerprint density at radius 1 is 0.902 bits per heavy atom. The molecule has 0 spiro atoms. The summed E-state index contributed by atoms with van der Waals surface area (Å²) < 4.78 is 39.2. The molecule has 1 unspecified atom stereocenters. The van der Waals surface area contributed by atoms with Gasteiger partial charge in [-0.1, -0.05) is 37.1 Å². The summed E-state index contributed by atoms with van der Waals surface area (Å²) in [4.78, 5) is 28.4. The van der Waals surface area contributed by atoms with E-state index < -0.39 is 28.5 Å². The van der Waals surface area contributed by atoms with Gasteiger partial charge in [-0.25, -0.2) is 8.42 Å². The molecule has 9 nitrogen and oxygen atoms in total. The minimum absolute atomic E-state index is 0.0203. The zero-order valence-corrected chi connectivity index (χ0v) is 25.2. The summed E-state index contributed by atoms with van der Waals surface area (Å²) in [5.74, 6) is 0.269. The average Bonchev–Trinajstić information content (AvgIpc) is 2.99. The van der Waals surface area contributed by atoms with Gasteiger partial charge in [0.1, 0.15) is 24.1 Å². The van der Waals surface area contributed by atoms with Gasteiger partial charge in [0.15, 0.2) is 0 Å². The van der Waals surface area contributed by atoms with Crippen LogP contribution in [0, 0.1) is 0 Å². The highest BCUT2D eigenvalue weighted by molar-refractivity contribution is 7.92. The first-order valence-corrected chi connectivity index (χ1v) is 15.0. The molecule has 3 aromatic carbocycles. The zero-order chi connectivity index (χ0) is 30.0. The van der Waals surface area contributed by atoms with E-state index in [0.29, 0.717) is 23.1 Å². The molecule has 0 radical (unpaired) electrons. The summed E-state index contributed by atoms with van der Waals surface area (Å²) in [6.07, 6.45) is 1.71. The second-order valence-corrected chi connectivity index (χ2v) is 11.7. The van der Waals surface area contributed by atoms with Crippen molar-refractivity contribution in [1.29, 1.82) is 0 Å². The number of sulfonamides is 1. The first-order valence-electron chi connectivity index (χ1n) is 13.2. The quantitative estimate of drug-likeness (QED) is 0.264. The van der Waals surface area contributed by atoms with E-state index in [-0.39, 0.29) is 23.0 Å². The van der Waals surface area contributed by atoms with Crippen LogP contribution in [0.15, 0.2) is 77.7 Å². The first-order chi connectivity index (χ1) is 19.6. The Bertz CT molecular complexity index is 1400. The number of hydrogen-bond acceptors (Lipinski definition) is 6. The number of ether oxygens (including phenoxy) is 2. The van der Waals surface area contributed by atoms with Gasteiger partial charge in [0, 0.05) is 18.1 Å². The number of rotatable bonds is 14. The molecule has 0 aliphatic carbocycles. The molecular formula is C30H36ClN3O6S. The average molecular weight is 602 g/mol. The molecule has 11 heteroatoms. The number of methoxy groups -OCH3 is 2. The van der Waals surface area contributed by atoms with Crippen LogP contribution >= 0.6 is 11.6 Å². The number of hydrogen-bond donors (Lipinski definition) is 1. The van der Waals surface area contributed by atoms with Crippen LogP contribution in [-0.2, 0) is 26.2 Å². The van der Waals surface area contributed by atoms with Crippen LogP contribution in [0.3, 0.4) is 0 Å². The third-order valence-electron chi connectivity index (χ3n) is 6.55. The van der Waals surface area contributed by atoms with Gasteiger partial charge in [-0.15, -0.1) is 0 Å². The van der Waals surface area contributed by atoms with E-state index in [1.54, 1.807) is 50.4 Å². The van der Waals surface area contributed by atoms with E-state index in [0.717, 1.165) is 22.7 Å². The molecule has 0 aliphatic rings. The topological polar surface area (TPSA) is 105 Å². The molecule has 0 saturated carbocycles. The molecule has 0 saturated heterocycles. The van der Waals surface area contributed by atoms with Crippen LogP contribution in [0.1, 0.15) is 32.3 Å². The number of unbranched alkanes of at least 4 members (excludes halogenated alkanes) is 1. The number of carbonyl (C=O) groups excluding carboxylic acids is 2. The lowest BCUT2D eigenvalue weighted by Crippen LogP contribution is -2.51. The number of nitrogens with zero attached hydrogens (tertiary/aromatic N) is 2. The van der Waals surface area contributed by atoms with E-state index in [9.17, 15) is 18.0 Å². The summed E-state index contributed by atoms with van der Waals surface area (Å²) in [5, 5.41) is 3.29. The van der Waals surface area contributed by atoms with Crippen molar-refractivity contribution in [2.45, 2.75) is 44.2 Å². The van der Waals surface area contributed by atoms with Crippen LogP contribution < -0.4 is 19.1 Å². The number of carbonyl (C=O) groups is 2. The largest absolute Gasteiger partial charge is 0.497 e. The Morgan fingerprint density at radius 2 is 1.46 bits per heavy atom. The van der Waals surface area contributed by atoms with Crippen molar-refractivity contribution in [2.75, 3.05) is 31.6 Å². The van der Waals surface area contributed by atoms with Crippen molar-refractivity contribution in [2.24, 2.45) is 0 Å². The predicted octanol–water partition coefficient (Wildman–Crippen LogP) is 4.89. The molecule has 1 atom stereocenters. The minimum atomic E-state index is -4.20. The molecule has 41 heavy (non-hydrogen) atoms. The highest BCUT2D eigenvalue weighted by Crippen LogP contribution is 2.27. The van der Waals surface area contributed by atoms with E-state index in [4.69, 9.17) is 21.1 Å². The van der Waals surface area contributed by atoms with E-state index in [1.165, 1.54) is 48.4 Å². The van der Waals surface area contributed by atoms with Crippen molar-refractivity contribution < 1.29 is 27.5 Å². The van der Waals surface area contributed by atoms with Gasteiger partial charge in [0.05, 0.1) is 24.8 Å². The Morgan fingerprint density at radius 3 is 2.00 bits per heavy atom. The normalized spacial score (nSPS) is 11.8. The summed E-state index contributed by atoms with van der Waals surface area (Å²) >= 11 is 6.07. The SMILES string of the molecule is CCCCNC(=O)C(C)N(Cc1ccc(OC)cc1)C(=O)CN(c1ccc(Cl)cc1)S(=O)(=O)c1ccc(OC)cc1. The van der Waals surface area contributed by atoms with Crippen molar-refractivity contribution in [3.8, 4) is 11.5 Å². The summed E-state index contributed by atoms with van der Waals surface area (Å²) in [6, 6.07) is 18.3. The third-order valence-corrected chi connectivity index (χ3v) is 8.59. The number of halogens is 1. The maximum atomic E-state index is 13.9. The van der Waals surface area contributed by atoms with Gasteiger partial charge < -0.3 is 19.7 Å². The maximum Gasteiger partial charge on any atom is 0.264 e. The van der Waals surface area contributed by atoms with Crippen LogP contribution in [0.25, 0.3) is 0 Å². The van der Waals surface area contributed by atoms with Crippen LogP contribution in [0.4, 0.5) is 5.69 Å². The van der Waals surface area contributed by atoms with Crippen molar-refractivity contribution in [1.82, 2.24) is 10.2 Å². The molecule has 0 heterocycles. The molecule has 3 rings (SSSR count). The Labute approximate surface area is 247 Å². The second-order valence-electron chi connectivity index (χ2n) is 9.35. The second kappa shape index (κ2) is 14.7. The Balaban J connectivity index is 1.99. The summed E-state index contributed by atoms with van der Waals surface area (Å²) in [7, 11) is -1.15. The van der Waals surface area contributed by atoms with Crippen LogP contribution in [-0.4, -0.2) is 58.5 Å². The summed E-state index contributed by atoms with van der Waals surface area (Å²) in [5.41, 5.74) is 1.01. The molecule has 1 N–H and O–H groups in total. The highest BCUT2D eigenvalue weighted by Gasteiger charge is 2.32. The van der Waals surface area contributed by atoms with Crippen molar-refractivity contribution in [3.63, 3.8) is 0 Å². The number of nitrogens with one attached hydrogen (secondary N) is 1. The van der Waals surface area contributed by atoms with Gasteiger partial charge in [0.25, 0.3) is 10.0 Å². The van der Waals surface area contributed by atoms with Gasteiger partial charge in [-0.2, -0.15) is 0 Å². The number of benzene rings is 3. The molecule has 0 fully saturated rings.